The van der Waals surface area contributed by atoms with E-state index in [0.29, 0.717) is 11.4 Å². The second-order valence-corrected chi connectivity index (χ2v) is 7.00. The SMILES string of the molecule is COc1cccc(NC(=O)C(=O)NCC(c2ccco2)N2CCc3ccccc32)c1. The van der Waals surface area contributed by atoms with Crippen LogP contribution in [0.2, 0.25) is 0 Å². The number of furan rings is 1. The van der Waals surface area contributed by atoms with E-state index in [1.54, 1.807) is 37.6 Å². The molecule has 7 heteroatoms. The summed E-state index contributed by atoms with van der Waals surface area (Å²) in [5.74, 6) is -0.107. The van der Waals surface area contributed by atoms with Crippen LogP contribution >= 0.6 is 0 Å². The van der Waals surface area contributed by atoms with Crippen LogP contribution in [-0.2, 0) is 16.0 Å². The fourth-order valence-corrected chi connectivity index (χ4v) is 3.69. The number of nitrogens with zero attached hydrogens (tertiary/aromatic N) is 1. The maximum atomic E-state index is 12.4. The average molecular weight is 405 g/mol. The fraction of sp³-hybridized carbons (Fsp3) is 0.217. The van der Waals surface area contributed by atoms with Crippen LogP contribution in [0.4, 0.5) is 11.4 Å². The Hall–Kier alpha value is -3.74. The number of hydrogen-bond donors (Lipinski definition) is 2. The maximum absolute atomic E-state index is 12.4. The predicted octanol–water partition coefficient (Wildman–Crippen LogP) is 3.15. The van der Waals surface area contributed by atoms with Gasteiger partial charge in [0.1, 0.15) is 17.6 Å². The number of nitrogens with one attached hydrogen (secondary N) is 2. The molecule has 154 valence electrons. The van der Waals surface area contributed by atoms with E-state index >= 15 is 0 Å². The first kappa shape index (κ1) is 19.6. The molecule has 0 saturated carbocycles. The summed E-state index contributed by atoms with van der Waals surface area (Å²) < 4.78 is 10.8. The molecule has 1 atom stereocenters. The molecule has 0 aliphatic carbocycles. The molecule has 1 aromatic heterocycles. The molecule has 30 heavy (non-hydrogen) atoms. The summed E-state index contributed by atoms with van der Waals surface area (Å²) in [6.07, 6.45) is 2.54. The Labute approximate surface area is 174 Å². The number of methoxy groups -OCH3 is 1. The Kier molecular flexibility index (Phi) is 5.70. The van der Waals surface area contributed by atoms with E-state index in [9.17, 15) is 9.59 Å². The molecule has 0 saturated heterocycles. The van der Waals surface area contributed by atoms with Gasteiger partial charge in [-0.15, -0.1) is 0 Å². The Morgan fingerprint density at radius 1 is 1.10 bits per heavy atom. The molecule has 0 bridgehead atoms. The summed E-state index contributed by atoms with van der Waals surface area (Å²) in [7, 11) is 1.54. The van der Waals surface area contributed by atoms with E-state index < -0.39 is 11.8 Å². The molecule has 2 N–H and O–H groups in total. The molecule has 0 spiro atoms. The van der Waals surface area contributed by atoms with Crippen molar-refractivity contribution >= 4 is 23.2 Å². The number of para-hydroxylation sites is 1. The first-order chi connectivity index (χ1) is 14.7. The van der Waals surface area contributed by atoms with E-state index in [4.69, 9.17) is 9.15 Å². The van der Waals surface area contributed by atoms with Crippen molar-refractivity contribution in [3.05, 3.63) is 78.3 Å². The van der Waals surface area contributed by atoms with Crippen molar-refractivity contribution < 1.29 is 18.7 Å². The molecular formula is C23H23N3O4. The molecule has 2 heterocycles. The van der Waals surface area contributed by atoms with Crippen molar-refractivity contribution in [3.8, 4) is 5.75 Å². The molecule has 7 nitrogen and oxygen atoms in total. The Bertz CT molecular complexity index is 1030. The summed E-state index contributed by atoms with van der Waals surface area (Å²) in [6, 6.07) is 18.5. The van der Waals surface area contributed by atoms with Crippen molar-refractivity contribution in [3.63, 3.8) is 0 Å². The van der Waals surface area contributed by atoms with Crippen LogP contribution in [-0.4, -0.2) is 32.0 Å². The molecule has 3 aromatic rings. The highest BCUT2D eigenvalue weighted by Gasteiger charge is 2.29. The van der Waals surface area contributed by atoms with Gasteiger partial charge in [-0.1, -0.05) is 24.3 Å². The van der Waals surface area contributed by atoms with E-state index in [1.807, 2.05) is 24.3 Å². The molecule has 0 fully saturated rings. The first-order valence-corrected chi connectivity index (χ1v) is 9.77. The van der Waals surface area contributed by atoms with Crippen LogP contribution in [0.5, 0.6) is 5.75 Å². The highest BCUT2D eigenvalue weighted by atomic mass is 16.5. The number of ether oxygens (including phenoxy) is 1. The number of benzene rings is 2. The molecule has 2 aromatic carbocycles. The van der Waals surface area contributed by atoms with Crippen molar-refractivity contribution in [1.82, 2.24) is 5.32 Å². The van der Waals surface area contributed by atoms with Crippen LogP contribution in [0, 0.1) is 0 Å². The van der Waals surface area contributed by atoms with Gasteiger partial charge in [0.2, 0.25) is 0 Å². The number of carbonyl (C=O) groups is 2. The van der Waals surface area contributed by atoms with E-state index in [0.717, 1.165) is 24.4 Å². The zero-order chi connectivity index (χ0) is 20.9. The summed E-state index contributed by atoms with van der Waals surface area (Å²) in [5, 5.41) is 5.34. The van der Waals surface area contributed by atoms with Gasteiger partial charge in [0, 0.05) is 30.5 Å². The van der Waals surface area contributed by atoms with Crippen LogP contribution < -0.4 is 20.3 Å². The van der Waals surface area contributed by atoms with Gasteiger partial charge in [-0.2, -0.15) is 0 Å². The van der Waals surface area contributed by atoms with Crippen LogP contribution in [0.3, 0.4) is 0 Å². The lowest BCUT2D eigenvalue weighted by atomic mass is 10.1. The number of amides is 2. The van der Waals surface area contributed by atoms with Gasteiger partial charge in [0.05, 0.1) is 13.4 Å². The van der Waals surface area contributed by atoms with Crippen molar-refractivity contribution in [2.24, 2.45) is 0 Å². The number of hydrogen-bond acceptors (Lipinski definition) is 5. The minimum Gasteiger partial charge on any atom is -0.497 e. The highest BCUT2D eigenvalue weighted by Crippen LogP contribution is 2.34. The minimum atomic E-state index is -0.733. The molecule has 0 radical (unpaired) electrons. The molecule has 4 rings (SSSR count). The van der Waals surface area contributed by atoms with Crippen LogP contribution in [0.1, 0.15) is 17.4 Å². The van der Waals surface area contributed by atoms with E-state index in [1.165, 1.54) is 5.56 Å². The molecule has 1 aliphatic rings. The number of rotatable bonds is 6. The minimum absolute atomic E-state index is 0.211. The quantitative estimate of drug-likeness (QED) is 0.616. The van der Waals surface area contributed by atoms with Crippen molar-refractivity contribution in [2.45, 2.75) is 12.5 Å². The lowest BCUT2D eigenvalue weighted by Crippen LogP contribution is -2.41. The number of carbonyl (C=O) groups excluding carboxylic acids is 2. The monoisotopic (exact) mass is 405 g/mol. The lowest BCUT2D eigenvalue weighted by Gasteiger charge is -2.29. The van der Waals surface area contributed by atoms with Gasteiger partial charge in [-0.3, -0.25) is 9.59 Å². The fourth-order valence-electron chi connectivity index (χ4n) is 3.69. The summed E-state index contributed by atoms with van der Waals surface area (Å²) in [6.45, 7) is 1.06. The zero-order valence-corrected chi connectivity index (χ0v) is 16.6. The topological polar surface area (TPSA) is 83.8 Å². The van der Waals surface area contributed by atoms with Gasteiger partial charge in [0.25, 0.3) is 0 Å². The van der Waals surface area contributed by atoms with E-state index in [2.05, 4.69) is 27.7 Å². The molecular weight excluding hydrogens is 382 g/mol. The second kappa shape index (κ2) is 8.73. The summed E-state index contributed by atoms with van der Waals surface area (Å²) >= 11 is 0. The smallest absolute Gasteiger partial charge is 0.313 e. The molecule has 1 aliphatic heterocycles. The largest absolute Gasteiger partial charge is 0.497 e. The third-order valence-electron chi connectivity index (χ3n) is 5.16. The van der Waals surface area contributed by atoms with Crippen molar-refractivity contribution in [1.29, 1.82) is 0 Å². The Morgan fingerprint density at radius 3 is 2.77 bits per heavy atom. The standard InChI is InChI=1S/C23H23N3O4/c1-29-18-8-4-7-17(14-18)25-23(28)22(27)24-15-20(21-10-5-13-30-21)26-12-11-16-6-2-3-9-19(16)26/h2-10,13-14,20H,11-12,15H2,1H3,(H,24,27)(H,25,28). The zero-order valence-electron chi connectivity index (χ0n) is 16.6. The highest BCUT2D eigenvalue weighted by molar-refractivity contribution is 6.39. The van der Waals surface area contributed by atoms with Crippen LogP contribution in [0.25, 0.3) is 0 Å². The van der Waals surface area contributed by atoms with E-state index in [-0.39, 0.29) is 12.6 Å². The average Bonchev–Trinajstić information content (AvgIpc) is 3.45. The maximum Gasteiger partial charge on any atom is 0.313 e. The van der Waals surface area contributed by atoms with Gasteiger partial charge in [-0.05, 0) is 42.3 Å². The summed E-state index contributed by atoms with van der Waals surface area (Å²) in [5.41, 5.74) is 2.87. The van der Waals surface area contributed by atoms with Gasteiger partial charge >= 0.3 is 11.8 Å². The first-order valence-electron chi connectivity index (χ1n) is 9.77. The Morgan fingerprint density at radius 2 is 1.97 bits per heavy atom. The lowest BCUT2D eigenvalue weighted by molar-refractivity contribution is -0.136. The third-order valence-corrected chi connectivity index (χ3v) is 5.16. The molecule has 2 amide bonds. The Balaban J connectivity index is 1.44. The second-order valence-electron chi connectivity index (χ2n) is 7.00. The summed E-state index contributed by atoms with van der Waals surface area (Å²) in [4.78, 5) is 27.0. The van der Waals surface area contributed by atoms with Crippen molar-refractivity contribution in [2.75, 3.05) is 30.4 Å². The normalized spacial score (nSPS) is 13.4. The molecule has 1 unspecified atom stereocenters. The van der Waals surface area contributed by atoms with Gasteiger partial charge in [0.15, 0.2) is 0 Å². The number of anilines is 2. The van der Waals surface area contributed by atoms with Gasteiger partial charge < -0.3 is 24.7 Å². The number of fused-ring (bicyclic) bond motifs is 1. The third kappa shape index (κ3) is 4.15. The van der Waals surface area contributed by atoms with Crippen LogP contribution in [0.15, 0.2) is 71.3 Å². The van der Waals surface area contributed by atoms with Gasteiger partial charge in [-0.25, -0.2) is 0 Å². The predicted molar refractivity (Wildman–Crippen MR) is 114 cm³/mol.